The van der Waals surface area contributed by atoms with Crippen molar-refractivity contribution in [1.82, 2.24) is 9.88 Å². The minimum atomic E-state index is -0.312. The van der Waals surface area contributed by atoms with Crippen molar-refractivity contribution in [3.63, 3.8) is 0 Å². The number of carbonyl (C=O) groups is 1. The Morgan fingerprint density at radius 3 is 3.05 bits per heavy atom. The van der Waals surface area contributed by atoms with Crippen molar-refractivity contribution in [2.45, 2.75) is 19.1 Å². The van der Waals surface area contributed by atoms with Crippen LogP contribution < -0.4 is 0 Å². The molecule has 2 atom stereocenters. The van der Waals surface area contributed by atoms with Gasteiger partial charge in [-0.25, -0.2) is 0 Å². The molecule has 0 bridgehead atoms. The molecule has 1 aromatic carbocycles. The summed E-state index contributed by atoms with van der Waals surface area (Å²) in [4.78, 5) is 18.8. The first-order chi connectivity index (χ1) is 10.2. The van der Waals surface area contributed by atoms with Crippen molar-refractivity contribution in [3.8, 4) is 0 Å². The quantitative estimate of drug-likeness (QED) is 0.908. The minimum absolute atomic E-state index is 0.0146. The van der Waals surface area contributed by atoms with Gasteiger partial charge in [-0.05, 0) is 12.3 Å². The number of morpholine rings is 1. The fourth-order valence-corrected chi connectivity index (χ4v) is 2.65. The molecule has 1 aromatic heterocycles. The van der Waals surface area contributed by atoms with E-state index in [2.05, 4.69) is 4.98 Å². The van der Waals surface area contributed by atoms with Gasteiger partial charge in [0.2, 0.25) is 0 Å². The summed E-state index contributed by atoms with van der Waals surface area (Å²) in [7, 11) is 0. The first kappa shape index (κ1) is 14.0. The summed E-state index contributed by atoms with van der Waals surface area (Å²) >= 11 is 0. The second-order valence-corrected chi connectivity index (χ2v) is 5.35. The van der Waals surface area contributed by atoms with Gasteiger partial charge in [0.05, 0.1) is 30.9 Å². The molecule has 110 valence electrons. The molecule has 0 aliphatic carbocycles. The first-order valence-electron chi connectivity index (χ1n) is 7.07. The highest BCUT2D eigenvalue weighted by Crippen LogP contribution is 2.21. The van der Waals surface area contributed by atoms with E-state index in [1.807, 2.05) is 31.2 Å². The van der Waals surface area contributed by atoms with Crippen molar-refractivity contribution >= 4 is 16.7 Å². The highest BCUT2D eigenvalue weighted by molar-refractivity contribution is 6.06. The summed E-state index contributed by atoms with van der Waals surface area (Å²) in [6.45, 7) is 2.71. The lowest BCUT2D eigenvalue weighted by molar-refractivity contribution is -0.0667. The molecule has 5 nitrogen and oxygen atoms in total. The predicted octanol–water partition coefficient (Wildman–Crippen LogP) is 1.46. The molecule has 21 heavy (non-hydrogen) atoms. The number of ether oxygens (including phenoxy) is 1. The Balaban J connectivity index is 1.96. The van der Waals surface area contributed by atoms with Crippen LogP contribution in [0.1, 0.15) is 17.3 Å². The van der Waals surface area contributed by atoms with Crippen LogP contribution in [0.2, 0.25) is 0 Å². The molecule has 1 saturated heterocycles. The third-order valence-electron chi connectivity index (χ3n) is 3.87. The minimum Gasteiger partial charge on any atom is -0.394 e. The van der Waals surface area contributed by atoms with Crippen LogP contribution in [-0.2, 0) is 4.74 Å². The van der Waals surface area contributed by atoms with Crippen molar-refractivity contribution in [1.29, 1.82) is 0 Å². The highest BCUT2D eigenvalue weighted by Gasteiger charge is 2.30. The van der Waals surface area contributed by atoms with Crippen LogP contribution in [0.25, 0.3) is 10.8 Å². The van der Waals surface area contributed by atoms with E-state index in [9.17, 15) is 9.90 Å². The Hall–Kier alpha value is -1.98. The zero-order chi connectivity index (χ0) is 14.8. The summed E-state index contributed by atoms with van der Waals surface area (Å²) in [5.74, 6) is -0.0615. The molecule has 3 rings (SSSR count). The lowest BCUT2D eigenvalue weighted by Gasteiger charge is -2.37. The number of hydrogen-bond donors (Lipinski definition) is 1. The van der Waals surface area contributed by atoms with Crippen molar-refractivity contribution in [2.24, 2.45) is 0 Å². The van der Waals surface area contributed by atoms with E-state index in [1.54, 1.807) is 17.3 Å². The monoisotopic (exact) mass is 286 g/mol. The Labute approximate surface area is 123 Å². The maximum atomic E-state index is 12.8. The van der Waals surface area contributed by atoms with Crippen molar-refractivity contribution in [2.75, 3.05) is 19.8 Å². The maximum absolute atomic E-state index is 12.8. The van der Waals surface area contributed by atoms with Crippen molar-refractivity contribution in [3.05, 3.63) is 42.2 Å². The number of aliphatic hydroxyl groups is 1. The smallest absolute Gasteiger partial charge is 0.256 e. The number of amides is 1. The lowest BCUT2D eigenvalue weighted by atomic mass is 10.1. The van der Waals surface area contributed by atoms with Crippen LogP contribution in [0.15, 0.2) is 36.7 Å². The van der Waals surface area contributed by atoms with Gasteiger partial charge >= 0.3 is 0 Å². The average molecular weight is 286 g/mol. The molecule has 1 N–H and O–H groups in total. The van der Waals surface area contributed by atoms with Gasteiger partial charge in [0.1, 0.15) is 0 Å². The standard InChI is InChI=1S/C16H18N2O3/c1-11-10-21-13(9-19)8-18(11)16(20)15-7-17-6-12-4-2-3-5-14(12)15/h2-7,11,13,19H,8-10H2,1H3/t11-,13-/m1/s1. The van der Waals surface area contributed by atoms with E-state index in [-0.39, 0.29) is 24.7 Å². The molecule has 1 fully saturated rings. The van der Waals surface area contributed by atoms with E-state index in [0.717, 1.165) is 10.8 Å². The second-order valence-electron chi connectivity index (χ2n) is 5.35. The average Bonchev–Trinajstić information content (AvgIpc) is 2.54. The number of hydrogen-bond acceptors (Lipinski definition) is 4. The van der Waals surface area contributed by atoms with E-state index in [1.165, 1.54) is 0 Å². The van der Waals surface area contributed by atoms with E-state index in [0.29, 0.717) is 18.7 Å². The maximum Gasteiger partial charge on any atom is 0.256 e. The number of aromatic nitrogens is 1. The van der Waals surface area contributed by atoms with Crippen molar-refractivity contribution < 1.29 is 14.6 Å². The molecule has 2 heterocycles. The van der Waals surface area contributed by atoms with Crippen LogP contribution in [0.5, 0.6) is 0 Å². The molecule has 1 aliphatic rings. The molecule has 5 heteroatoms. The number of aliphatic hydroxyl groups excluding tert-OH is 1. The highest BCUT2D eigenvalue weighted by atomic mass is 16.5. The molecule has 1 amide bonds. The van der Waals surface area contributed by atoms with Gasteiger partial charge in [0.15, 0.2) is 0 Å². The summed E-state index contributed by atoms with van der Waals surface area (Å²) in [5, 5.41) is 11.1. The first-order valence-corrected chi connectivity index (χ1v) is 7.07. The Morgan fingerprint density at radius 1 is 1.43 bits per heavy atom. The third-order valence-corrected chi connectivity index (χ3v) is 3.87. The van der Waals surface area contributed by atoms with Gasteiger partial charge in [-0.3, -0.25) is 9.78 Å². The molecule has 0 radical (unpaired) electrons. The van der Waals surface area contributed by atoms with Gasteiger partial charge in [-0.15, -0.1) is 0 Å². The third kappa shape index (κ3) is 2.62. The molecule has 0 spiro atoms. The van der Waals surface area contributed by atoms with E-state index in [4.69, 9.17) is 4.74 Å². The van der Waals surface area contributed by atoms with Gasteiger partial charge in [0.25, 0.3) is 5.91 Å². The molecule has 1 aliphatic heterocycles. The molecule has 0 unspecified atom stereocenters. The van der Waals surface area contributed by atoms with Crippen LogP contribution in [0, 0.1) is 0 Å². The fourth-order valence-electron chi connectivity index (χ4n) is 2.65. The topological polar surface area (TPSA) is 62.7 Å². The number of benzene rings is 1. The van der Waals surface area contributed by atoms with E-state index < -0.39 is 0 Å². The van der Waals surface area contributed by atoms with Gasteiger partial charge in [0, 0.05) is 24.3 Å². The number of nitrogens with zero attached hydrogens (tertiary/aromatic N) is 2. The summed E-state index contributed by atoms with van der Waals surface area (Å²) in [6, 6.07) is 7.70. The van der Waals surface area contributed by atoms with Crippen LogP contribution in [0.4, 0.5) is 0 Å². The lowest BCUT2D eigenvalue weighted by Crippen LogP contribution is -2.52. The predicted molar refractivity (Wildman–Crippen MR) is 79.1 cm³/mol. The Morgan fingerprint density at radius 2 is 2.24 bits per heavy atom. The van der Waals surface area contributed by atoms with E-state index >= 15 is 0 Å². The zero-order valence-electron chi connectivity index (χ0n) is 11.9. The summed E-state index contributed by atoms with van der Waals surface area (Å²) in [5.41, 5.74) is 0.596. The number of fused-ring (bicyclic) bond motifs is 1. The molecular weight excluding hydrogens is 268 g/mol. The largest absolute Gasteiger partial charge is 0.394 e. The number of pyridine rings is 1. The zero-order valence-corrected chi connectivity index (χ0v) is 11.9. The summed E-state index contributed by atoms with van der Waals surface area (Å²) < 4.78 is 5.48. The second kappa shape index (κ2) is 5.79. The van der Waals surface area contributed by atoms with Crippen LogP contribution >= 0.6 is 0 Å². The molecule has 2 aromatic rings. The fraction of sp³-hybridized carbons (Fsp3) is 0.375. The van der Waals surface area contributed by atoms with Gasteiger partial charge in [-0.2, -0.15) is 0 Å². The number of rotatable bonds is 2. The Bertz CT molecular complexity index is 654. The van der Waals surface area contributed by atoms with Crippen LogP contribution in [-0.4, -0.2) is 52.8 Å². The van der Waals surface area contributed by atoms with Gasteiger partial charge < -0.3 is 14.7 Å². The SMILES string of the molecule is C[C@@H]1CO[C@@H](CO)CN1C(=O)c1cncc2ccccc12. The summed E-state index contributed by atoms with van der Waals surface area (Å²) in [6.07, 6.45) is 3.06. The normalized spacial score (nSPS) is 22.5. The van der Waals surface area contributed by atoms with Gasteiger partial charge in [-0.1, -0.05) is 24.3 Å². The Kier molecular flexibility index (Phi) is 3.86. The number of carbonyl (C=O) groups excluding carboxylic acids is 1. The molecular formula is C16H18N2O3. The van der Waals surface area contributed by atoms with Crippen LogP contribution in [0.3, 0.4) is 0 Å². The molecule has 0 saturated carbocycles.